The average Bonchev–Trinajstić information content (AvgIpc) is 2.54. The summed E-state index contributed by atoms with van der Waals surface area (Å²) in [5.41, 5.74) is 1.01. The lowest BCUT2D eigenvalue weighted by molar-refractivity contribution is -0.144. The molecule has 0 radical (unpaired) electrons. The molecule has 0 spiro atoms. The quantitative estimate of drug-likeness (QED) is 0.664. The molecule has 0 atom stereocenters. The van der Waals surface area contributed by atoms with Crippen LogP contribution < -0.4 is 5.32 Å². The Labute approximate surface area is 143 Å². The van der Waals surface area contributed by atoms with Gasteiger partial charge in [-0.25, -0.2) is 9.97 Å². The monoisotopic (exact) mass is 392 g/mol. The summed E-state index contributed by atoms with van der Waals surface area (Å²) in [4.78, 5) is 7.19. The fraction of sp³-hybridized carbons (Fsp3) is 0.0625. The first-order valence-electron chi connectivity index (χ1n) is 6.68. The third-order valence-electron chi connectivity index (χ3n) is 3.17. The fourth-order valence-corrected chi connectivity index (χ4v) is 2.49. The summed E-state index contributed by atoms with van der Waals surface area (Å²) in [6.07, 6.45) is -4.66. The Morgan fingerprint density at radius 2 is 1.88 bits per heavy atom. The number of rotatable bonds is 2. The lowest BCUT2D eigenvalue weighted by atomic mass is 10.2. The highest BCUT2D eigenvalue weighted by atomic mass is 79.9. The minimum absolute atomic E-state index is 0.0173. The maximum absolute atomic E-state index is 13.0. The molecule has 2 aromatic carbocycles. The predicted octanol–water partition coefficient (Wildman–Crippen LogP) is 5.03. The van der Waals surface area contributed by atoms with Crippen molar-refractivity contribution in [2.24, 2.45) is 0 Å². The van der Waals surface area contributed by atoms with E-state index in [0.29, 0.717) is 21.1 Å². The van der Waals surface area contributed by atoms with E-state index in [9.17, 15) is 13.2 Å². The summed E-state index contributed by atoms with van der Waals surface area (Å²) in [7, 11) is 0. The van der Waals surface area contributed by atoms with E-state index in [0.717, 1.165) is 0 Å². The highest BCUT2D eigenvalue weighted by Gasteiger charge is 2.35. The Bertz CT molecular complexity index is 964. The van der Waals surface area contributed by atoms with E-state index in [1.54, 1.807) is 30.3 Å². The molecular weight excluding hydrogens is 385 g/mol. The molecule has 3 aromatic rings. The molecule has 1 heterocycles. The maximum atomic E-state index is 13.0. The van der Waals surface area contributed by atoms with Crippen molar-refractivity contribution in [3.63, 3.8) is 0 Å². The number of anilines is 2. The van der Waals surface area contributed by atoms with Crippen molar-refractivity contribution >= 4 is 38.3 Å². The molecule has 0 saturated carbocycles. The van der Waals surface area contributed by atoms with Crippen LogP contribution in [0.1, 0.15) is 11.4 Å². The van der Waals surface area contributed by atoms with Crippen molar-refractivity contribution in [2.45, 2.75) is 6.18 Å². The van der Waals surface area contributed by atoms with Gasteiger partial charge in [-0.3, -0.25) is 0 Å². The third kappa shape index (κ3) is 3.31. The van der Waals surface area contributed by atoms with Gasteiger partial charge < -0.3 is 5.32 Å². The molecule has 1 aromatic heterocycles. The van der Waals surface area contributed by atoms with Crippen LogP contribution in [0.15, 0.2) is 46.9 Å². The summed E-state index contributed by atoms with van der Waals surface area (Å²) in [5.74, 6) is -1.21. The SMILES string of the molecule is N#Cc1cccc(Nc2nc(C(F)(F)F)nc3ccc(Br)cc23)c1. The number of hydrogen-bond donors (Lipinski definition) is 1. The topological polar surface area (TPSA) is 61.6 Å². The van der Waals surface area contributed by atoms with Gasteiger partial charge in [-0.1, -0.05) is 22.0 Å². The molecule has 24 heavy (non-hydrogen) atoms. The van der Waals surface area contributed by atoms with Gasteiger partial charge in [-0.15, -0.1) is 0 Å². The first-order chi connectivity index (χ1) is 11.4. The Morgan fingerprint density at radius 3 is 2.58 bits per heavy atom. The molecular formula is C16H8BrF3N4. The molecule has 8 heteroatoms. The Balaban J connectivity index is 2.17. The van der Waals surface area contributed by atoms with Crippen LogP contribution >= 0.6 is 15.9 Å². The largest absolute Gasteiger partial charge is 0.451 e. The molecule has 0 fully saturated rings. The standard InChI is InChI=1S/C16H8BrF3N4/c17-10-4-5-13-12(7-10)14(24-15(23-13)16(18,19)20)22-11-3-1-2-9(6-11)8-21/h1-7H,(H,22,23,24). The van der Waals surface area contributed by atoms with Crippen LogP contribution in [0.5, 0.6) is 0 Å². The van der Waals surface area contributed by atoms with Crippen molar-refractivity contribution in [3.8, 4) is 6.07 Å². The van der Waals surface area contributed by atoms with E-state index in [-0.39, 0.29) is 11.3 Å². The lowest BCUT2D eigenvalue weighted by Gasteiger charge is -2.12. The zero-order chi connectivity index (χ0) is 17.3. The summed E-state index contributed by atoms with van der Waals surface area (Å²) >= 11 is 3.28. The highest BCUT2D eigenvalue weighted by molar-refractivity contribution is 9.10. The number of nitrogens with one attached hydrogen (secondary N) is 1. The summed E-state index contributed by atoms with van der Waals surface area (Å²) in [6.45, 7) is 0. The first kappa shape index (κ1) is 16.2. The Hall–Kier alpha value is -2.66. The second-order valence-electron chi connectivity index (χ2n) is 4.87. The van der Waals surface area contributed by atoms with Gasteiger partial charge in [-0.05, 0) is 36.4 Å². The second kappa shape index (κ2) is 6.09. The molecule has 0 aliphatic heterocycles. The van der Waals surface area contributed by atoms with Gasteiger partial charge in [0, 0.05) is 15.5 Å². The Morgan fingerprint density at radius 1 is 1.08 bits per heavy atom. The van der Waals surface area contributed by atoms with Gasteiger partial charge in [0.2, 0.25) is 5.82 Å². The predicted molar refractivity (Wildman–Crippen MR) is 86.7 cm³/mol. The van der Waals surface area contributed by atoms with Crippen LogP contribution in [0.3, 0.4) is 0 Å². The van der Waals surface area contributed by atoms with E-state index in [1.807, 2.05) is 6.07 Å². The van der Waals surface area contributed by atoms with E-state index < -0.39 is 12.0 Å². The molecule has 0 bridgehead atoms. The highest BCUT2D eigenvalue weighted by Crippen LogP contribution is 2.32. The second-order valence-corrected chi connectivity index (χ2v) is 5.79. The first-order valence-corrected chi connectivity index (χ1v) is 7.48. The fourth-order valence-electron chi connectivity index (χ4n) is 2.13. The van der Waals surface area contributed by atoms with Crippen molar-refractivity contribution in [3.05, 3.63) is 58.3 Å². The molecule has 120 valence electrons. The number of hydrogen-bond acceptors (Lipinski definition) is 4. The molecule has 1 N–H and O–H groups in total. The molecule has 0 amide bonds. The Kier molecular flexibility index (Phi) is 4.11. The van der Waals surface area contributed by atoms with E-state index in [2.05, 4.69) is 31.2 Å². The van der Waals surface area contributed by atoms with E-state index in [4.69, 9.17) is 5.26 Å². The maximum Gasteiger partial charge on any atom is 0.451 e. The molecule has 0 saturated heterocycles. The molecule has 3 rings (SSSR count). The smallest absolute Gasteiger partial charge is 0.340 e. The molecule has 4 nitrogen and oxygen atoms in total. The van der Waals surface area contributed by atoms with E-state index >= 15 is 0 Å². The number of alkyl halides is 3. The minimum atomic E-state index is -4.66. The van der Waals surface area contributed by atoms with E-state index in [1.165, 1.54) is 12.1 Å². The minimum Gasteiger partial charge on any atom is -0.340 e. The van der Waals surface area contributed by atoms with Crippen molar-refractivity contribution in [1.29, 1.82) is 5.26 Å². The number of nitrogens with zero attached hydrogens (tertiary/aromatic N) is 3. The zero-order valence-electron chi connectivity index (χ0n) is 11.9. The number of benzene rings is 2. The van der Waals surface area contributed by atoms with Crippen molar-refractivity contribution in [1.82, 2.24) is 9.97 Å². The van der Waals surface area contributed by atoms with Crippen LogP contribution in [0.4, 0.5) is 24.7 Å². The lowest BCUT2D eigenvalue weighted by Crippen LogP contribution is -2.12. The third-order valence-corrected chi connectivity index (χ3v) is 3.66. The van der Waals surface area contributed by atoms with Gasteiger partial charge in [0.05, 0.1) is 17.1 Å². The number of halogens is 4. The van der Waals surface area contributed by atoms with Crippen LogP contribution in [-0.2, 0) is 6.18 Å². The summed E-state index contributed by atoms with van der Waals surface area (Å²) in [6, 6.07) is 13.1. The number of fused-ring (bicyclic) bond motifs is 1. The molecule has 0 unspecified atom stereocenters. The van der Waals surface area contributed by atoms with Gasteiger partial charge in [0.1, 0.15) is 5.82 Å². The molecule has 0 aliphatic rings. The van der Waals surface area contributed by atoms with Gasteiger partial charge in [0.25, 0.3) is 0 Å². The van der Waals surface area contributed by atoms with Crippen molar-refractivity contribution < 1.29 is 13.2 Å². The summed E-state index contributed by atoms with van der Waals surface area (Å²) < 4.78 is 39.8. The normalized spacial score (nSPS) is 11.3. The average molecular weight is 393 g/mol. The van der Waals surface area contributed by atoms with Crippen LogP contribution in [0, 0.1) is 11.3 Å². The van der Waals surface area contributed by atoms with Gasteiger partial charge in [-0.2, -0.15) is 18.4 Å². The number of aromatic nitrogens is 2. The van der Waals surface area contributed by atoms with Crippen LogP contribution in [0.2, 0.25) is 0 Å². The van der Waals surface area contributed by atoms with Crippen molar-refractivity contribution in [2.75, 3.05) is 5.32 Å². The molecule has 0 aliphatic carbocycles. The van der Waals surface area contributed by atoms with Gasteiger partial charge >= 0.3 is 6.18 Å². The van der Waals surface area contributed by atoms with Gasteiger partial charge in [0.15, 0.2) is 0 Å². The summed E-state index contributed by atoms with van der Waals surface area (Å²) in [5, 5.41) is 12.2. The van der Waals surface area contributed by atoms with Crippen LogP contribution in [-0.4, -0.2) is 9.97 Å². The zero-order valence-corrected chi connectivity index (χ0v) is 13.5. The van der Waals surface area contributed by atoms with Crippen LogP contribution in [0.25, 0.3) is 10.9 Å². The number of nitriles is 1.